The van der Waals surface area contributed by atoms with Gasteiger partial charge in [0.15, 0.2) is 0 Å². The van der Waals surface area contributed by atoms with Crippen molar-refractivity contribution in [2.24, 2.45) is 29.6 Å². The number of hydrogen-bond acceptors (Lipinski definition) is 2. The van der Waals surface area contributed by atoms with Crippen LogP contribution in [0.5, 0.6) is 0 Å². The fraction of sp³-hybridized carbons (Fsp3) is 0.875. The molecule has 0 radical (unpaired) electrons. The first-order valence-electron chi connectivity index (χ1n) is 8.41. The molecule has 4 aliphatic rings. The molecule has 4 rings (SSSR count). The minimum absolute atomic E-state index is 0.142. The Morgan fingerprint density at radius 1 is 0.857 bits per heavy atom. The Hall–Kier alpha value is -1.26. The second-order valence-electron chi connectivity index (χ2n) is 7.62. The first-order chi connectivity index (χ1) is 10.1. The summed E-state index contributed by atoms with van der Waals surface area (Å²) in [7, 11) is 0. The van der Waals surface area contributed by atoms with Gasteiger partial charge < -0.3 is 15.7 Å². The average Bonchev–Trinajstić information content (AvgIpc) is 3.17. The number of aliphatic carboxylic acids is 1. The van der Waals surface area contributed by atoms with Gasteiger partial charge in [-0.1, -0.05) is 6.42 Å². The fourth-order valence-corrected chi connectivity index (χ4v) is 5.64. The van der Waals surface area contributed by atoms with Crippen LogP contribution in [0.25, 0.3) is 0 Å². The van der Waals surface area contributed by atoms with Gasteiger partial charge in [-0.25, -0.2) is 4.79 Å². The number of amides is 2. The Morgan fingerprint density at radius 2 is 1.62 bits per heavy atom. The van der Waals surface area contributed by atoms with E-state index in [2.05, 4.69) is 10.6 Å². The molecule has 4 aliphatic carbocycles. The molecule has 21 heavy (non-hydrogen) atoms. The smallest absolute Gasteiger partial charge is 0.315 e. The molecule has 2 amide bonds. The van der Waals surface area contributed by atoms with E-state index in [9.17, 15) is 14.7 Å². The van der Waals surface area contributed by atoms with Gasteiger partial charge >= 0.3 is 12.0 Å². The first kappa shape index (κ1) is 13.4. The minimum atomic E-state index is -0.743. The molecule has 5 heteroatoms. The van der Waals surface area contributed by atoms with Gasteiger partial charge in [0.05, 0.1) is 5.92 Å². The lowest BCUT2D eigenvalue weighted by atomic mass is 9.84. The third-order valence-corrected chi connectivity index (χ3v) is 6.55. The zero-order valence-electron chi connectivity index (χ0n) is 12.3. The summed E-state index contributed by atoms with van der Waals surface area (Å²) < 4.78 is 0. The molecule has 0 aromatic carbocycles. The average molecular weight is 292 g/mol. The van der Waals surface area contributed by atoms with Crippen LogP contribution in [-0.2, 0) is 4.79 Å². The van der Waals surface area contributed by atoms with Crippen LogP contribution in [0.2, 0.25) is 0 Å². The van der Waals surface area contributed by atoms with Crippen LogP contribution in [0.15, 0.2) is 0 Å². The van der Waals surface area contributed by atoms with E-state index >= 15 is 0 Å². The van der Waals surface area contributed by atoms with Gasteiger partial charge in [0.1, 0.15) is 0 Å². The van der Waals surface area contributed by atoms with Crippen molar-refractivity contribution in [3.63, 3.8) is 0 Å². The van der Waals surface area contributed by atoms with Gasteiger partial charge in [0.2, 0.25) is 0 Å². The highest BCUT2D eigenvalue weighted by atomic mass is 16.4. The van der Waals surface area contributed by atoms with Crippen molar-refractivity contribution in [1.82, 2.24) is 10.6 Å². The molecule has 3 N–H and O–H groups in total. The van der Waals surface area contributed by atoms with Crippen molar-refractivity contribution in [1.29, 1.82) is 0 Å². The third-order valence-electron chi connectivity index (χ3n) is 6.55. The molecule has 0 aliphatic heterocycles. The quantitative estimate of drug-likeness (QED) is 0.744. The third kappa shape index (κ3) is 2.21. The summed E-state index contributed by atoms with van der Waals surface area (Å²) in [6.07, 6.45) is 7.96. The topological polar surface area (TPSA) is 78.4 Å². The van der Waals surface area contributed by atoms with E-state index in [1.165, 1.54) is 19.3 Å². The van der Waals surface area contributed by atoms with Crippen LogP contribution < -0.4 is 10.6 Å². The van der Waals surface area contributed by atoms with Crippen LogP contribution in [0.1, 0.15) is 44.9 Å². The zero-order chi connectivity index (χ0) is 14.6. The van der Waals surface area contributed by atoms with E-state index in [4.69, 9.17) is 0 Å². The van der Waals surface area contributed by atoms with Crippen molar-refractivity contribution in [2.75, 3.05) is 0 Å². The van der Waals surface area contributed by atoms with E-state index in [1.54, 1.807) is 0 Å². The highest BCUT2D eigenvalue weighted by Crippen LogP contribution is 2.48. The van der Waals surface area contributed by atoms with Gasteiger partial charge in [0.25, 0.3) is 0 Å². The molecular weight excluding hydrogens is 268 g/mol. The summed E-state index contributed by atoms with van der Waals surface area (Å²) in [6.45, 7) is 0. The molecule has 0 aromatic rings. The standard InChI is InChI=1S/C16H24N2O3/c19-15(20)13-10-3-4-11(7-10)14(13)18-16(21)17-12-6-8-1-2-9(12)5-8/h8-14H,1-7H2,(H,19,20)(H2,17,18,21). The molecule has 0 spiro atoms. The second-order valence-corrected chi connectivity index (χ2v) is 7.62. The Morgan fingerprint density at radius 3 is 2.29 bits per heavy atom. The highest BCUT2D eigenvalue weighted by molar-refractivity contribution is 5.77. The number of urea groups is 1. The van der Waals surface area contributed by atoms with Crippen LogP contribution in [0.4, 0.5) is 4.79 Å². The molecule has 7 unspecified atom stereocenters. The number of fused-ring (bicyclic) bond motifs is 4. The van der Waals surface area contributed by atoms with Crippen molar-refractivity contribution in [3.8, 4) is 0 Å². The van der Waals surface area contributed by atoms with Crippen molar-refractivity contribution < 1.29 is 14.7 Å². The molecule has 0 aromatic heterocycles. The van der Waals surface area contributed by atoms with E-state index in [0.717, 1.165) is 31.6 Å². The predicted octanol–water partition coefficient (Wildman–Crippen LogP) is 1.97. The van der Waals surface area contributed by atoms with Gasteiger partial charge in [0, 0.05) is 12.1 Å². The van der Waals surface area contributed by atoms with Crippen LogP contribution in [-0.4, -0.2) is 29.2 Å². The number of nitrogens with one attached hydrogen (secondary N) is 2. The molecule has 7 atom stereocenters. The minimum Gasteiger partial charge on any atom is -0.481 e. The second kappa shape index (κ2) is 4.89. The van der Waals surface area contributed by atoms with Gasteiger partial charge in [-0.3, -0.25) is 4.79 Å². The SMILES string of the molecule is O=C(NC1CC2CCC1C2)NC1C2CCC(C2)C1C(=O)O. The lowest BCUT2D eigenvalue weighted by Crippen LogP contribution is -2.52. The van der Waals surface area contributed by atoms with E-state index < -0.39 is 5.97 Å². The summed E-state index contributed by atoms with van der Waals surface area (Å²) in [5.41, 5.74) is 0. The van der Waals surface area contributed by atoms with Crippen molar-refractivity contribution >= 4 is 12.0 Å². The van der Waals surface area contributed by atoms with Crippen molar-refractivity contribution in [3.05, 3.63) is 0 Å². The molecular formula is C16H24N2O3. The molecule has 4 bridgehead atoms. The molecule has 116 valence electrons. The molecule has 0 saturated heterocycles. The Kier molecular flexibility index (Phi) is 3.12. The maximum Gasteiger partial charge on any atom is 0.315 e. The maximum atomic E-state index is 12.3. The van der Waals surface area contributed by atoms with E-state index in [0.29, 0.717) is 17.9 Å². The number of rotatable bonds is 3. The largest absolute Gasteiger partial charge is 0.481 e. The molecule has 4 saturated carbocycles. The molecule has 0 heterocycles. The Bertz CT molecular complexity index is 466. The number of carbonyl (C=O) groups excluding carboxylic acids is 1. The van der Waals surface area contributed by atoms with Crippen LogP contribution in [0.3, 0.4) is 0 Å². The Labute approximate surface area is 124 Å². The number of carboxylic acids is 1. The van der Waals surface area contributed by atoms with E-state index in [1.807, 2.05) is 0 Å². The van der Waals surface area contributed by atoms with Crippen molar-refractivity contribution in [2.45, 2.75) is 57.0 Å². The normalized spacial score (nSPS) is 46.8. The summed E-state index contributed by atoms with van der Waals surface area (Å²) in [6, 6.07) is 0.00168. The van der Waals surface area contributed by atoms with E-state index in [-0.39, 0.29) is 23.9 Å². The zero-order valence-corrected chi connectivity index (χ0v) is 12.3. The van der Waals surface area contributed by atoms with Gasteiger partial charge in [-0.2, -0.15) is 0 Å². The highest BCUT2D eigenvalue weighted by Gasteiger charge is 2.51. The predicted molar refractivity (Wildman–Crippen MR) is 76.6 cm³/mol. The number of carboxylic acid groups (broad SMARTS) is 1. The maximum absolute atomic E-state index is 12.3. The Balaban J connectivity index is 1.37. The molecule has 4 fully saturated rings. The van der Waals surface area contributed by atoms with Crippen LogP contribution >= 0.6 is 0 Å². The van der Waals surface area contributed by atoms with Crippen LogP contribution in [0, 0.1) is 29.6 Å². The number of carbonyl (C=O) groups is 2. The molecule has 5 nitrogen and oxygen atoms in total. The lowest BCUT2D eigenvalue weighted by Gasteiger charge is -2.30. The number of hydrogen-bond donors (Lipinski definition) is 3. The van der Waals surface area contributed by atoms with Gasteiger partial charge in [-0.15, -0.1) is 0 Å². The monoisotopic (exact) mass is 292 g/mol. The fourth-order valence-electron chi connectivity index (χ4n) is 5.64. The lowest BCUT2D eigenvalue weighted by molar-refractivity contribution is -0.144. The summed E-state index contributed by atoms with van der Waals surface area (Å²) in [5, 5.41) is 15.5. The first-order valence-corrected chi connectivity index (χ1v) is 8.41. The summed E-state index contributed by atoms with van der Waals surface area (Å²) >= 11 is 0. The van der Waals surface area contributed by atoms with Gasteiger partial charge in [-0.05, 0) is 62.2 Å². The summed E-state index contributed by atoms with van der Waals surface area (Å²) in [4.78, 5) is 23.7. The summed E-state index contributed by atoms with van der Waals surface area (Å²) in [5.74, 6) is 0.953.